The van der Waals surface area contributed by atoms with E-state index in [9.17, 15) is 4.79 Å². The molecule has 1 aliphatic rings. The van der Waals surface area contributed by atoms with E-state index in [1.807, 2.05) is 24.1 Å². The summed E-state index contributed by atoms with van der Waals surface area (Å²) < 4.78 is 0. The van der Waals surface area contributed by atoms with Crippen molar-refractivity contribution in [1.29, 1.82) is 0 Å². The Labute approximate surface area is 117 Å². The summed E-state index contributed by atoms with van der Waals surface area (Å²) in [6.07, 6.45) is 1.98. The Morgan fingerprint density at radius 1 is 1.56 bits per heavy atom. The first kappa shape index (κ1) is 13.8. The van der Waals surface area contributed by atoms with Crippen LogP contribution in [-0.4, -0.2) is 29.9 Å². The number of hydrogen-bond donors (Lipinski definition) is 1. The Morgan fingerprint density at radius 3 is 2.61 bits per heavy atom. The first-order valence-corrected chi connectivity index (χ1v) is 7.55. The van der Waals surface area contributed by atoms with Gasteiger partial charge in [-0.2, -0.15) is 0 Å². The van der Waals surface area contributed by atoms with Gasteiger partial charge in [-0.05, 0) is 43.6 Å². The van der Waals surface area contributed by atoms with Crippen LogP contribution in [0.5, 0.6) is 0 Å². The highest BCUT2D eigenvalue weighted by Gasteiger charge is 2.27. The van der Waals surface area contributed by atoms with Gasteiger partial charge in [0.25, 0.3) is 5.91 Å². The molecule has 1 amide bonds. The number of carbonyl (C=O) groups excluding carboxylic acids is 1. The van der Waals surface area contributed by atoms with Crippen molar-refractivity contribution in [2.24, 2.45) is 11.7 Å². The lowest BCUT2D eigenvalue weighted by molar-refractivity contribution is 0.0686. The Bertz CT molecular complexity index is 436. The smallest absolute Gasteiger partial charge is 0.265 e. The van der Waals surface area contributed by atoms with E-state index in [1.54, 1.807) is 0 Å². The number of hydrogen-bond acceptors (Lipinski definition) is 3. The minimum Gasteiger partial charge on any atom is -0.338 e. The van der Waals surface area contributed by atoms with Gasteiger partial charge in [0.1, 0.15) is 4.88 Å². The number of rotatable bonds is 2. The van der Waals surface area contributed by atoms with Crippen LogP contribution in [0.1, 0.15) is 35.0 Å². The molecule has 100 valence electrons. The van der Waals surface area contributed by atoms with Gasteiger partial charge in [-0.3, -0.25) is 4.79 Å². The number of thiophene rings is 1. The third-order valence-electron chi connectivity index (χ3n) is 3.66. The number of likely N-dealkylation sites (tertiary alicyclic amines) is 1. The van der Waals surface area contributed by atoms with E-state index < -0.39 is 0 Å². The van der Waals surface area contributed by atoms with Crippen LogP contribution in [-0.2, 0) is 0 Å². The average Bonchev–Trinajstić information content (AvgIpc) is 2.69. The molecule has 0 radical (unpaired) electrons. The maximum Gasteiger partial charge on any atom is 0.265 e. The molecule has 0 aromatic carbocycles. The highest BCUT2D eigenvalue weighted by Crippen LogP contribution is 2.30. The van der Waals surface area contributed by atoms with Crippen LogP contribution in [0.3, 0.4) is 0 Å². The van der Waals surface area contributed by atoms with Gasteiger partial charge in [-0.15, -0.1) is 11.3 Å². The summed E-state index contributed by atoms with van der Waals surface area (Å²) >= 11 is 7.58. The highest BCUT2D eigenvalue weighted by molar-refractivity contribution is 7.13. The van der Waals surface area contributed by atoms with Crippen molar-refractivity contribution in [3.05, 3.63) is 20.8 Å². The molecule has 3 nitrogen and oxygen atoms in total. The fourth-order valence-electron chi connectivity index (χ4n) is 2.35. The van der Waals surface area contributed by atoms with Gasteiger partial charge in [-0.1, -0.05) is 11.6 Å². The maximum atomic E-state index is 12.3. The monoisotopic (exact) mass is 286 g/mol. The molecule has 5 heteroatoms. The van der Waals surface area contributed by atoms with E-state index in [1.165, 1.54) is 11.3 Å². The highest BCUT2D eigenvalue weighted by atomic mass is 35.5. The predicted octanol–water partition coefficient (Wildman–Crippen LogP) is 2.91. The largest absolute Gasteiger partial charge is 0.338 e. The maximum absolute atomic E-state index is 12.3. The number of nitrogens with zero attached hydrogens (tertiary/aromatic N) is 1. The molecule has 2 N–H and O–H groups in total. The zero-order valence-corrected chi connectivity index (χ0v) is 12.4. The van der Waals surface area contributed by atoms with Crippen molar-refractivity contribution in [2.75, 3.05) is 13.1 Å². The zero-order chi connectivity index (χ0) is 13.3. The van der Waals surface area contributed by atoms with Gasteiger partial charge >= 0.3 is 0 Å². The molecule has 1 atom stereocenters. The van der Waals surface area contributed by atoms with Crippen LogP contribution >= 0.6 is 22.9 Å². The molecular formula is C13H19ClN2OS. The predicted molar refractivity (Wildman–Crippen MR) is 76.3 cm³/mol. The second-order valence-corrected chi connectivity index (χ2v) is 6.31. The Hall–Kier alpha value is -0.580. The van der Waals surface area contributed by atoms with E-state index >= 15 is 0 Å². The molecule has 2 heterocycles. The molecule has 18 heavy (non-hydrogen) atoms. The van der Waals surface area contributed by atoms with Crippen molar-refractivity contribution in [2.45, 2.75) is 32.7 Å². The lowest BCUT2D eigenvalue weighted by atomic mass is 9.91. The first-order chi connectivity index (χ1) is 8.50. The number of halogens is 1. The van der Waals surface area contributed by atoms with Crippen molar-refractivity contribution >= 4 is 28.8 Å². The van der Waals surface area contributed by atoms with Gasteiger partial charge in [0.05, 0.1) is 5.02 Å². The quantitative estimate of drug-likeness (QED) is 0.909. The second kappa shape index (κ2) is 5.59. The van der Waals surface area contributed by atoms with Crippen LogP contribution < -0.4 is 5.73 Å². The lowest BCUT2D eigenvalue weighted by Gasteiger charge is -2.33. The van der Waals surface area contributed by atoms with Gasteiger partial charge in [-0.25, -0.2) is 0 Å². The second-order valence-electron chi connectivity index (χ2n) is 5.05. The summed E-state index contributed by atoms with van der Waals surface area (Å²) in [5.74, 6) is 0.607. The van der Waals surface area contributed by atoms with Gasteiger partial charge in [0, 0.05) is 19.1 Å². The normalized spacial score (nSPS) is 19.0. The molecule has 0 aliphatic carbocycles. The molecule has 0 bridgehead atoms. The topological polar surface area (TPSA) is 46.3 Å². The van der Waals surface area contributed by atoms with E-state index in [4.69, 9.17) is 17.3 Å². The zero-order valence-electron chi connectivity index (χ0n) is 10.8. The summed E-state index contributed by atoms with van der Waals surface area (Å²) in [5.41, 5.74) is 6.89. The number of nitrogens with two attached hydrogens (primary N) is 1. The number of piperidine rings is 1. The van der Waals surface area contributed by atoms with Crippen LogP contribution in [0.4, 0.5) is 0 Å². The summed E-state index contributed by atoms with van der Waals surface area (Å²) in [7, 11) is 0. The minimum absolute atomic E-state index is 0.0706. The summed E-state index contributed by atoms with van der Waals surface area (Å²) in [5, 5.41) is 2.55. The number of aryl methyl sites for hydroxylation is 1. The van der Waals surface area contributed by atoms with Crippen LogP contribution in [0.15, 0.2) is 5.38 Å². The minimum atomic E-state index is 0.0706. The average molecular weight is 287 g/mol. The molecule has 1 aromatic heterocycles. The van der Waals surface area contributed by atoms with Gasteiger partial charge in [0.15, 0.2) is 0 Å². The fraction of sp³-hybridized carbons (Fsp3) is 0.615. The van der Waals surface area contributed by atoms with Crippen molar-refractivity contribution in [3.8, 4) is 0 Å². The SMILES string of the molecule is Cc1csc(C(=O)N2CCC(C(C)N)CC2)c1Cl. The molecule has 1 aliphatic heterocycles. The molecule has 1 unspecified atom stereocenters. The molecular weight excluding hydrogens is 268 g/mol. The van der Waals surface area contributed by atoms with Crippen molar-refractivity contribution < 1.29 is 4.79 Å². The Morgan fingerprint density at radius 2 is 2.17 bits per heavy atom. The van der Waals surface area contributed by atoms with Crippen LogP contribution in [0.25, 0.3) is 0 Å². The lowest BCUT2D eigenvalue weighted by Crippen LogP contribution is -2.42. The molecule has 2 rings (SSSR count). The summed E-state index contributed by atoms with van der Waals surface area (Å²) in [6, 6.07) is 0.217. The third-order valence-corrected chi connectivity index (χ3v) is 5.35. The molecule has 0 saturated carbocycles. The first-order valence-electron chi connectivity index (χ1n) is 6.29. The van der Waals surface area contributed by atoms with E-state index in [0.717, 1.165) is 31.5 Å². The standard InChI is InChI=1S/C13H19ClN2OS/c1-8-7-18-12(11(8)14)13(17)16-5-3-10(4-6-16)9(2)15/h7,9-10H,3-6,15H2,1-2H3. The van der Waals surface area contributed by atoms with Crippen LogP contribution in [0, 0.1) is 12.8 Å². The fourth-order valence-corrected chi connectivity index (χ4v) is 3.59. The molecule has 1 fully saturated rings. The number of amides is 1. The summed E-state index contributed by atoms with van der Waals surface area (Å²) in [6.45, 7) is 5.55. The molecule has 1 saturated heterocycles. The van der Waals surface area contributed by atoms with Gasteiger partial charge in [0.2, 0.25) is 0 Å². The molecule has 1 aromatic rings. The van der Waals surface area contributed by atoms with Gasteiger partial charge < -0.3 is 10.6 Å². The summed E-state index contributed by atoms with van der Waals surface area (Å²) in [4.78, 5) is 14.9. The van der Waals surface area contributed by atoms with Crippen LogP contribution in [0.2, 0.25) is 5.02 Å². The van der Waals surface area contributed by atoms with Crippen molar-refractivity contribution in [1.82, 2.24) is 4.90 Å². The third kappa shape index (κ3) is 2.71. The van der Waals surface area contributed by atoms with Crippen molar-refractivity contribution in [3.63, 3.8) is 0 Å². The molecule has 0 spiro atoms. The van der Waals surface area contributed by atoms with E-state index in [-0.39, 0.29) is 11.9 Å². The Kier molecular flexibility index (Phi) is 4.30. The van der Waals surface area contributed by atoms with E-state index in [0.29, 0.717) is 15.8 Å². The van der Waals surface area contributed by atoms with E-state index in [2.05, 4.69) is 0 Å². The Balaban J connectivity index is 2.02. The number of carbonyl (C=O) groups is 1.